The third-order valence-corrected chi connectivity index (χ3v) is 11.5. The first-order valence-corrected chi connectivity index (χ1v) is 17.5. The molecule has 11 heteroatoms. The molecule has 4 atom stereocenters. The number of carbonyl (C=O) groups is 2. The van der Waals surface area contributed by atoms with Crippen molar-refractivity contribution in [3.8, 4) is 0 Å². The highest BCUT2D eigenvalue weighted by molar-refractivity contribution is 6.71. The van der Waals surface area contributed by atoms with Gasteiger partial charge in [0.05, 0.1) is 23.3 Å². The Balaban J connectivity index is 1.50. The van der Waals surface area contributed by atoms with E-state index in [4.69, 9.17) is 4.74 Å². The van der Waals surface area contributed by atoms with Gasteiger partial charge < -0.3 is 24.4 Å². The number of carbonyl (C=O) groups excluding carboxylic acids is 2. The number of ether oxygens (including phenoxy) is 1. The third kappa shape index (κ3) is 5.20. The maximum absolute atomic E-state index is 14.4. The van der Waals surface area contributed by atoms with Gasteiger partial charge in [0.15, 0.2) is 13.9 Å². The fourth-order valence-electron chi connectivity index (χ4n) is 7.13. The molecule has 2 aromatic carbocycles. The Morgan fingerprint density at radius 2 is 1.80 bits per heavy atom. The number of benzene rings is 2. The van der Waals surface area contributed by atoms with E-state index in [0.29, 0.717) is 24.2 Å². The highest BCUT2D eigenvalue weighted by Crippen LogP contribution is 2.60. The molecule has 41 heavy (non-hydrogen) atoms. The van der Waals surface area contributed by atoms with Gasteiger partial charge in [0.1, 0.15) is 0 Å². The summed E-state index contributed by atoms with van der Waals surface area (Å²) in [6.07, 6.45) is 4.28. The van der Waals surface area contributed by atoms with Crippen molar-refractivity contribution in [3.63, 3.8) is 0 Å². The van der Waals surface area contributed by atoms with Crippen LogP contribution in [0.4, 0.5) is 17.1 Å². The maximum atomic E-state index is 14.4. The lowest BCUT2D eigenvalue weighted by Crippen LogP contribution is -2.46. The van der Waals surface area contributed by atoms with Crippen molar-refractivity contribution < 1.29 is 29.2 Å². The van der Waals surface area contributed by atoms with Gasteiger partial charge in [0.2, 0.25) is 5.91 Å². The monoisotopic (exact) mass is 581 g/mol. The van der Waals surface area contributed by atoms with Crippen LogP contribution in [0.25, 0.3) is 0 Å². The normalized spacial score (nSPS) is 26.8. The van der Waals surface area contributed by atoms with E-state index in [1.165, 1.54) is 12.1 Å². The standard InChI is InChI=1S/C30H39N3O7Si/c1-20-28(41(2,3)39)26(15-17-34)40-30(20)24-18-23(33(37)38)13-14-25(24)32(29(30)36)19-21-9-11-22(12-10-21)31-16-7-5-4-6-8-27(31)35/h9-14,18,20,26,28,34,39H,4-8,15-17,19H2,1-3H3/t20-,26+,28-,30+/m1/s1. The second kappa shape index (κ2) is 11.3. The van der Waals surface area contributed by atoms with E-state index in [-0.39, 0.29) is 42.6 Å². The number of aliphatic hydroxyl groups excluding tert-OH is 1. The minimum absolute atomic E-state index is 0.124. The predicted molar refractivity (Wildman–Crippen MR) is 157 cm³/mol. The highest BCUT2D eigenvalue weighted by atomic mass is 28.4. The van der Waals surface area contributed by atoms with Gasteiger partial charge >= 0.3 is 0 Å². The lowest BCUT2D eigenvalue weighted by molar-refractivity contribution is -0.385. The van der Waals surface area contributed by atoms with E-state index in [2.05, 4.69) is 0 Å². The minimum Gasteiger partial charge on any atom is -0.432 e. The topological polar surface area (TPSA) is 133 Å². The third-order valence-electron chi connectivity index (χ3n) is 9.00. The summed E-state index contributed by atoms with van der Waals surface area (Å²) in [5.74, 6) is -0.670. The number of amides is 2. The number of non-ortho nitro benzene ring substituents is 1. The van der Waals surface area contributed by atoms with E-state index in [1.807, 2.05) is 36.1 Å². The van der Waals surface area contributed by atoms with Gasteiger partial charge in [-0.15, -0.1) is 0 Å². The molecule has 5 rings (SSSR count). The number of anilines is 2. The Bertz CT molecular complexity index is 1330. The van der Waals surface area contributed by atoms with Crippen molar-refractivity contribution in [1.29, 1.82) is 0 Å². The lowest BCUT2D eigenvalue weighted by Gasteiger charge is -2.32. The van der Waals surface area contributed by atoms with Gasteiger partial charge in [-0.25, -0.2) is 0 Å². The highest BCUT2D eigenvalue weighted by Gasteiger charge is 2.66. The number of hydrogen-bond donors (Lipinski definition) is 2. The Morgan fingerprint density at radius 1 is 1.10 bits per heavy atom. The number of nitro benzene ring substituents is 1. The van der Waals surface area contributed by atoms with Crippen LogP contribution in [0.5, 0.6) is 0 Å². The summed E-state index contributed by atoms with van der Waals surface area (Å²) < 4.78 is 6.53. The quantitative estimate of drug-likeness (QED) is 0.277. The minimum atomic E-state index is -2.87. The molecule has 0 saturated carbocycles. The van der Waals surface area contributed by atoms with E-state index in [1.54, 1.807) is 24.1 Å². The molecule has 3 aliphatic heterocycles. The van der Waals surface area contributed by atoms with Crippen molar-refractivity contribution in [1.82, 2.24) is 0 Å². The molecule has 10 nitrogen and oxygen atoms in total. The molecule has 0 radical (unpaired) electrons. The molecule has 2 saturated heterocycles. The largest absolute Gasteiger partial charge is 0.432 e. The Kier molecular flexibility index (Phi) is 8.08. The maximum Gasteiger partial charge on any atom is 0.269 e. The van der Waals surface area contributed by atoms with Gasteiger partial charge in [-0.05, 0) is 56.1 Å². The molecule has 2 amide bonds. The van der Waals surface area contributed by atoms with Crippen LogP contribution < -0.4 is 9.80 Å². The van der Waals surface area contributed by atoms with E-state index in [0.717, 1.165) is 36.9 Å². The fraction of sp³-hybridized carbons (Fsp3) is 0.533. The summed E-state index contributed by atoms with van der Waals surface area (Å²) in [6.45, 7) is 6.19. The Labute approximate surface area is 241 Å². The molecule has 3 heterocycles. The summed E-state index contributed by atoms with van der Waals surface area (Å²) in [7, 11) is -2.87. The summed E-state index contributed by atoms with van der Waals surface area (Å²) in [6, 6.07) is 12.0. The van der Waals surface area contributed by atoms with Gasteiger partial charge in [-0.2, -0.15) is 0 Å². The zero-order valence-corrected chi connectivity index (χ0v) is 24.9. The number of nitrogens with zero attached hydrogens (tertiary/aromatic N) is 3. The van der Waals surface area contributed by atoms with E-state index >= 15 is 0 Å². The number of fused-ring (bicyclic) bond motifs is 2. The van der Waals surface area contributed by atoms with Crippen LogP contribution in [0.3, 0.4) is 0 Å². The average molecular weight is 582 g/mol. The molecule has 3 aliphatic rings. The van der Waals surface area contributed by atoms with Crippen molar-refractivity contribution in [2.75, 3.05) is 23.0 Å². The molecule has 1 spiro atoms. The number of hydrogen-bond acceptors (Lipinski definition) is 7. The van der Waals surface area contributed by atoms with Crippen molar-refractivity contribution in [2.45, 2.75) is 82.3 Å². The summed E-state index contributed by atoms with van der Waals surface area (Å²) >= 11 is 0. The lowest BCUT2D eigenvalue weighted by atomic mass is 9.82. The van der Waals surface area contributed by atoms with Crippen LogP contribution in [0.1, 0.15) is 56.6 Å². The summed E-state index contributed by atoms with van der Waals surface area (Å²) in [4.78, 5) is 53.0. The Hall–Kier alpha value is -3.12. The fourth-order valence-corrected chi connectivity index (χ4v) is 9.73. The Morgan fingerprint density at radius 3 is 2.46 bits per heavy atom. The molecular weight excluding hydrogens is 542 g/mol. The number of aliphatic hydroxyl groups is 1. The first kappa shape index (κ1) is 29.4. The van der Waals surface area contributed by atoms with Crippen LogP contribution in [-0.2, 0) is 26.5 Å². The number of nitro groups is 1. The SMILES string of the molecule is C[C@@H]1[C@@H]([Si](C)(C)O)[C@H](CCO)O[C@@]12C(=O)N(Cc1ccc(N3CCCCCCC3=O)cc1)c1ccc([N+](=O)[O-])cc12. The van der Waals surface area contributed by atoms with Crippen LogP contribution in [0.2, 0.25) is 18.6 Å². The summed E-state index contributed by atoms with van der Waals surface area (Å²) in [5, 5.41) is 21.5. The smallest absolute Gasteiger partial charge is 0.269 e. The van der Waals surface area contributed by atoms with Gasteiger partial charge in [0, 0.05) is 54.4 Å². The van der Waals surface area contributed by atoms with Gasteiger partial charge in [-0.3, -0.25) is 19.7 Å². The average Bonchev–Trinajstić information content (AvgIpc) is 3.34. The zero-order chi connectivity index (χ0) is 29.5. The van der Waals surface area contributed by atoms with Crippen molar-refractivity contribution in [2.24, 2.45) is 5.92 Å². The summed E-state index contributed by atoms with van der Waals surface area (Å²) in [5.41, 5.74) is 0.633. The van der Waals surface area contributed by atoms with Crippen molar-refractivity contribution >= 4 is 37.2 Å². The second-order valence-corrected chi connectivity index (χ2v) is 16.1. The molecule has 2 N–H and O–H groups in total. The first-order chi connectivity index (χ1) is 19.5. The molecule has 0 unspecified atom stereocenters. The predicted octanol–water partition coefficient (Wildman–Crippen LogP) is 4.62. The molecule has 0 aromatic heterocycles. The molecule has 0 aliphatic carbocycles. The van der Waals surface area contributed by atoms with Crippen LogP contribution in [0, 0.1) is 16.0 Å². The van der Waals surface area contributed by atoms with Crippen LogP contribution in [-0.4, -0.2) is 54.2 Å². The van der Waals surface area contributed by atoms with Crippen molar-refractivity contribution in [3.05, 3.63) is 63.7 Å². The zero-order valence-electron chi connectivity index (χ0n) is 23.9. The van der Waals surface area contributed by atoms with Crippen LogP contribution in [0.15, 0.2) is 42.5 Å². The number of rotatable bonds is 7. The molecule has 2 aromatic rings. The van der Waals surface area contributed by atoms with E-state index < -0.39 is 30.9 Å². The van der Waals surface area contributed by atoms with Gasteiger partial charge in [0.25, 0.3) is 11.6 Å². The van der Waals surface area contributed by atoms with E-state index in [9.17, 15) is 29.6 Å². The molecule has 0 bridgehead atoms. The second-order valence-electron chi connectivity index (χ2n) is 12.1. The van der Waals surface area contributed by atoms with Crippen LogP contribution >= 0.6 is 0 Å². The first-order valence-electron chi connectivity index (χ1n) is 14.5. The molecule has 2 fully saturated rings. The molecule has 220 valence electrons. The molecular formula is C30H39N3O7Si. The van der Waals surface area contributed by atoms with Gasteiger partial charge in [-0.1, -0.05) is 31.9 Å².